The van der Waals surface area contributed by atoms with E-state index in [1.165, 1.54) is 57.5 Å². The number of nitrogens with zero attached hydrogens (tertiary/aromatic N) is 2. The van der Waals surface area contributed by atoms with E-state index in [0.717, 1.165) is 30.8 Å². The summed E-state index contributed by atoms with van der Waals surface area (Å²) in [5.74, 6) is 3.21. The van der Waals surface area contributed by atoms with Crippen molar-refractivity contribution in [3.63, 3.8) is 0 Å². The van der Waals surface area contributed by atoms with Crippen LogP contribution in [0.3, 0.4) is 0 Å². The van der Waals surface area contributed by atoms with Gasteiger partial charge in [-0.05, 0) is 69.0 Å². The van der Waals surface area contributed by atoms with E-state index in [2.05, 4.69) is 88.7 Å². The predicted molar refractivity (Wildman–Crippen MR) is 160 cm³/mol. The van der Waals surface area contributed by atoms with Crippen molar-refractivity contribution in [2.45, 2.75) is 88.0 Å². The molecule has 0 aromatic heterocycles. The Hall–Kier alpha value is -1.23. The average Bonchev–Trinajstić information content (AvgIpc) is 2.78. The Bertz CT molecular complexity index is 591. The minimum Gasteiger partial charge on any atom is -0.385 e. The first-order chi connectivity index (χ1) is 16.9. The van der Waals surface area contributed by atoms with Gasteiger partial charge >= 0.3 is 0 Å². The molecule has 212 valence electrons. The molecule has 0 spiro atoms. The van der Waals surface area contributed by atoms with Gasteiger partial charge < -0.3 is 19.3 Å². The second-order valence-electron chi connectivity index (χ2n) is 11.9. The molecule has 0 bridgehead atoms. The third kappa shape index (κ3) is 29.0. The van der Waals surface area contributed by atoms with Gasteiger partial charge in [0.15, 0.2) is 0 Å². The van der Waals surface area contributed by atoms with Crippen molar-refractivity contribution in [1.29, 1.82) is 0 Å². The fourth-order valence-corrected chi connectivity index (χ4v) is 3.53. The van der Waals surface area contributed by atoms with E-state index in [0.29, 0.717) is 5.92 Å². The van der Waals surface area contributed by atoms with E-state index < -0.39 is 0 Å². The SMILES string of the molecule is CC(=O)CC(C)C.CC(C)CCN1CCN(C)CC1.CC(C)Cc1ccccc1.COCCC(C)C. The first-order valence-electron chi connectivity index (χ1n) is 14.3. The molecule has 36 heavy (non-hydrogen) atoms. The van der Waals surface area contributed by atoms with Crippen molar-refractivity contribution < 1.29 is 9.53 Å². The van der Waals surface area contributed by atoms with Gasteiger partial charge in [0, 0.05) is 46.3 Å². The normalized spacial score (nSPS) is 14.1. The molecule has 0 atom stereocenters. The molecule has 0 radical (unpaired) electrons. The zero-order valence-corrected chi connectivity index (χ0v) is 26.0. The van der Waals surface area contributed by atoms with Gasteiger partial charge in [0.2, 0.25) is 0 Å². The van der Waals surface area contributed by atoms with E-state index in [-0.39, 0.29) is 5.78 Å². The minimum atomic E-state index is 0.287. The number of hydrogen-bond donors (Lipinski definition) is 0. The highest BCUT2D eigenvalue weighted by Gasteiger charge is 2.13. The molecule has 0 amide bonds. The quantitative estimate of drug-likeness (QED) is 0.329. The monoisotopic (exact) mass is 506 g/mol. The summed E-state index contributed by atoms with van der Waals surface area (Å²) in [5.41, 5.74) is 1.44. The zero-order valence-electron chi connectivity index (χ0n) is 26.0. The molecule has 4 heteroatoms. The number of benzene rings is 1. The highest BCUT2D eigenvalue weighted by Crippen LogP contribution is 2.06. The maximum Gasteiger partial charge on any atom is 0.130 e. The fraction of sp³-hybridized carbons (Fsp3) is 0.781. The number of Topliss-reactive ketones (excluding diaryl/α,β-unsaturated/α-hetero) is 1. The Labute approximate surface area is 226 Å². The topological polar surface area (TPSA) is 32.8 Å². The van der Waals surface area contributed by atoms with E-state index in [1.807, 2.05) is 13.8 Å². The van der Waals surface area contributed by atoms with Gasteiger partial charge in [0.25, 0.3) is 0 Å². The van der Waals surface area contributed by atoms with Crippen molar-refractivity contribution in [2.75, 3.05) is 53.5 Å². The molecular formula is C32H62N2O2. The Balaban J connectivity index is 0. The van der Waals surface area contributed by atoms with Crippen LogP contribution in [0.25, 0.3) is 0 Å². The molecule has 4 nitrogen and oxygen atoms in total. The number of hydrogen-bond acceptors (Lipinski definition) is 4. The van der Waals surface area contributed by atoms with Gasteiger partial charge in [-0.2, -0.15) is 0 Å². The highest BCUT2D eigenvalue weighted by atomic mass is 16.5. The van der Waals surface area contributed by atoms with Crippen LogP contribution in [0.15, 0.2) is 30.3 Å². The van der Waals surface area contributed by atoms with E-state index >= 15 is 0 Å². The van der Waals surface area contributed by atoms with E-state index in [1.54, 1.807) is 14.0 Å². The number of ketones is 1. The lowest BCUT2D eigenvalue weighted by molar-refractivity contribution is -0.117. The smallest absolute Gasteiger partial charge is 0.130 e. The van der Waals surface area contributed by atoms with Crippen LogP contribution < -0.4 is 0 Å². The Morgan fingerprint density at radius 2 is 1.33 bits per heavy atom. The van der Waals surface area contributed by atoms with Crippen molar-refractivity contribution in [3.05, 3.63) is 35.9 Å². The molecule has 1 aliphatic rings. The molecule has 0 aliphatic carbocycles. The third-order valence-corrected chi connectivity index (χ3v) is 5.70. The van der Waals surface area contributed by atoms with Crippen molar-refractivity contribution in [3.8, 4) is 0 Å². The van der Waals surface area contributed by atoms with Gasteiger partial charge in [0.1, 0.15) is 5.78 Å². The van der Waals surface area contributed by atoms with Gasteiger partial charge in [-0.15, -0.1) is 0 Å². The third-order valence-electron chi connectivity index (χ3n) is 5.70. The first kappa shape index (κ1) is 36.9. The number of piperazine rings is 1. The molecule has 2 rings (SSSR count). The summed E-state index contributed by atoms with van der Waals surface area (Å²) in [6, 6.07) is 10.6. The lowest BCUT2D eigenvalue weighted by atomic mass is 10.0. The molecule has 1 aromatic carbocycles. The maximum atomic E-state index is 10.3. The van der Waals surface area contributed by atoms with E-state index in [4.69, 9.17) is 4.74 Å². The zero-order chi connectivity index (χ0) is 27.9. The molecular weight excluding hydrogens is 444 g/mol. The van der Waals surface area contributed by atoms with Crippen LogP contribution in [0.5, 0.6) is 0 Å². The van der Waals surface area contributed by atoms with Crippen molar-refractivity contribution in [1.82, 2.24) is 9.80 Å². The fourth-order valence-electron chi connectivity index (χ4n) is 3.53. The standard InChI is InChI=1S/C10H22N2.C10H14.C6H14O.C6H12O/c1-10(2)4-5-12-8-6-11(3)7-9-12;1-9(2)8-10-6-4-3-5-7-10;1-6(2)4-5-7-3;1-5(2)4-6(3)7/h10H,4-9H2,1-3H3;3-7,9H,8H2,1-2H3;6H,4-5H2,1-3H3;5H,4H2,1-3H3. The lowest BCUT2D eigenvalue weighted by Crippen LogP contribution is -2.44. The van der Waals surface area contributed by atoms with Gasteiger partial charge in [-0.25, -0.2) is 0 Å². The van der Waals surface area contributed by atoms with Crippen LogP contribution in [0.1, 0.15) is 87.1 Å². The van der Waals surface area contributed by atoms with Crippen LogP contribution in [0, 0.1) is 23.7 Å². The molecule has 1 saturated heterocycles. The summed E-state index contributed by atoms with van der Waals surface area (Å²) in [4.78, 5) is 15.2. The Kier molecular flexibility index (Phi) is 24.7. The molecule has 1 fully saturated rings. The van der Waals surface area contributed by atoms with Crippen LogP contribution in [0.4, 0.5) is 0 Å². The second kappa shape index (κ2) is 24.1. The summed E-state index contributed by atoms with van der Waals surface area (Å²) < 4.78 is 4.85. The van der Waals surface area contributed by atoms with Crippen LogP contribution >= 0.6 is 0 Å². The molecule has 0 N–H and O–H groups in total. The van der Waals surface area contributed by atoms with E-state index in [9.17, 15) is 4.79 Å². The van der Waals surface area contributed by atoms with Crippen molar-refractivity contribution >= 4 is 5.78 Å². The number of ether oxygens (including phenoxy) is 1. The van der Waals surface area contributed by atoms with Gasteiger partial charge in [-0.1, -0.05) is 85.7 Å². The Morgan fingerprint density at radius 1 is 0.806 bits per heavy atom. The van der Waals surface area contributed by atoms with Crippen LogP contribution in [-0.4, -0.2) is 69.1 Å². The molecule has 0 unspecified atom stereocenters. The number of likely N-dealkylation sites (N-methyl/N-ethyl adjacent to an activating group) is 1. The lowest BCUT2D eigenvalue weighted by Gasteiger charge is -2.32. The second-order valence-corrected chi connectivity index (χ2v) is 11.9. The molecule has 1 heterocycles. The summed E-state index contributed by atoms with van der Waals surface area (Å²) in [6.07, 6.45) is 4.45. The maximum absolute atomic E-state index is 10.3. The number of methoxy groups -OCH3 is 1. The average molecular weight is 507 g/mol. The van der Waals surface area contributed by atoms with Crippen molar-refractivity contribution in [2.24, 2.45) is 23.7 Å². The summed E-state index contributed by atoms with van der Waals surface area (Å²) in [5, 5.41) is 0. The van der Waals surface area contributed by atoms with Gasteiger partial charge in [0.05, 0.1) is 0 Å². The molecule has 1 aliphatic heterocycles. The van der Waals surface area contributed by atoms with Crippen LogP contribution in [0.2, 0.25) is 0 Å². The highest BCUT2D eigenvalue weighted by molar-refractivity contribution is 5.75. The first-order valence-corrected chi connectivity index (χ1v) is 14.3. The minimum absolute atomic E-state index is 0.287. The predicted octanol–water partition coefficient (Wildman–Crippen LogP) is 7.47. The molecule has 1 aromatic rings. The number of rotatable bonds is 10. The molecule has 0 saturated carbocycles. The number of carbonyl (C=O) groups is 1. The summed E-state index contributed by atoms with van der Waals surface area (Å²) >= 11 is 0. The number of carbonyl (C=O) groups excluding carboxylic acids is 1. The largest absolute Gasteiger partial charge is 0.385 e. The Morgan fingerprint density at radius 3 is 1.67 bits per heavy atom. The summed E-state index contributed by atoms with van der Waals surface area (Å²) in [6.45, 7) is 26.4. The van der Waals surface area contributed by atoms with Crippen LogP contribution in [-0.2, 0) is 16.0 Å². The summed E-state index contributed by atoms with van der Waals surface area (Å²) in [7, 11) is 3.95. The van der Waals surface area contributed by atoms with Gasteiger partial charge in [-0.3, -0.25) is 0 Å².